The molecule has 0 saturated carbocycles. The number of pyridine rings is 1. The maximum absolute atomic E-state index is 14.1. The van der Waals surface area contributed by atoms with Gasteiger partial charge in [-0.05, 0) is 78.7 Å². The number of aryl methyl sites for hydroxylation is 1. The average Bonchev–Trinajstić information content (AvgIpc) is 3.17. The van der Waals surface area contributed by atoms with Crippen molar-refractivity contribution in [2.24, 2.45) is 0 Å². The molecule has 240 valence electrons. The monoisotopic (exact) mass is 618 g/mol. The van der Waals surface area contributed by atoms with Gasteiger partial charge in [-0.15, -0.1) is 0 Å². The number of aliphatic hydroxyl groups excluding tert-OH is 2. The Morgan fingerprint density at radius 1 is 1.11 bits per heavy atom. The van der Waals surface area contributed by atoms with E-state index in [9.17, 15) is 24.2 Å². The van der Waals surface area contributed by atoms with E-state index >= 15 is 0 Å². The zero-order valence-electron chi connectivity index (χ0n) is 26.3. The third-order valence-corrected chi connectivity index (χ3v) is 7.99. The van der Waals surface area contributed by atoms with Crippen molar-refractivity contribution in [1.82, 2.24) is 15.2 Å². The lowest BCUT2D eigenvalue weighted by Gasteiger charge is -2.23. The number of urea groups is 1. The summed E-state index contributed by atoms with van der Waals surface area (Å²) in [6.45, 7) is 5.29. The van der Waals surface area contributed by atoms with Crippen LogP contribution in [0.15, 0.2) is 48.5 Å². The number of anilines is 1. The van der Waals surface area contributed by atoms with Gasteiger partial charge in [0.1, 0.15) is 5.82 Å². The van der Waals surface area contributed by atoms with E-state index in [-0.39, 0.29) is 24.2 Å². The van der Waals surface area contributed by atoms with E-state index in [2.05, 4.69) is 10.6 Å². The number of rotatable bonds is 12. The van der Waals surface area contributed by atoms with Crippen molar-refractivity contribution >= 4 is 23.8 Å². The molecule has 1 aliphatic rings. The zero-order chi connectivity index (χ0) is 32.7. The number of hydrogen-bond donors (Lipinski definition) is 5. The van der Waals surface area contributed by atoms with Gasteiger partial charge >= 0.3 is 12.0 Å². The standard InChI is InChI=1S/C35H43FN4O5/c1-21(2)33-29(15-14-26(41)19-27(42)20-31(43)44)32(23-8-11-24(36)12-9-23)28-7-5-6-22-10-13-25(18-30(22)34(28)39-33)38-35(45)40(4)17-16-37-3/h8-15,18,21,26-27,37,41-42H,5-7,16-17,19-20H2,1-4H3,(H,38,45)(H,43,44)/b15-14+/t26-,27-/m1/s1. The molecule has 2 amide bonds. The lowest BCUT2D eigenvalue weighted by atomic mass is 9.86. The Morgan fingerprint density at radius 3 is 2.51 bits per heavy atom. The van der Waals surface area contributed by atoms with Crippen LogP contribution in [0.1, 0.15) is 61.4 Å². The Labute approximate surface area is 263 Å². The smallest absolute Gasteiger partial charge is 0.321 e. The number of carbonyl (C=O) groups excluding carboxylic acids is 1. The Hall–Kier alpha value is -4.12. The number of likely N-dealkylation sites (N-methyl/N-ethyl adjacent to an activating group) is 2. The van der Waals surface area contributed by atoms with Gasteiger partial charge in [0, 0.05) is 43.4 Å². The molecular weight excluding hydrogens is 575 g/mol. The van der Waals surface area contributed by atoms with Crippen LogP contribution < -0.4 is 10.6 Å². The van der Waals surface area contributed by atoms with Crippen LogP contribution in [0.25, 0.3) is 28.5 Å². The summed E-state index contributed by atoms with van der Waals surface area (Å²) in [4.78, 5) is 30.7. The predicted molar refractivity (Wildman–Crippen MR) is 175 cm³/mol. The fourth-order valence-corrected chi connectivity index (χ4v) is 5.68. The topological polar surface area (TPSA) is 135 Å². The van der Waals surface area contributed by atoms with Crippen molar-refractivity contribution in [2.75, 3.05) is 32.5 Å². The quantitative estimate of drug-likeness (QED) is 0.182. The zero-order valence-corrected chi connectivity index (χ0v) is 26.3. The van der Waals surface area contributed by atoms with Gasteiger partial charge in [-0.2, -0.15) is 0 Å². The van der Waals surface area contributed by atoms with Crippen molar-refractivity contribution in [3.63, 3.8) is 0 Å². The number of nitrogens with one attached hydrogen (secondary N) is 2. The first kappa shape index (κ1) is 33.8. The Bertz CT molecular complexity index is 1540. The summed E-state index contributed by atoms with van der Waals surface area (Å²) >= 11 is 0. The van der Waals surface area contributed by atoms with Crippen LogP contribution >= 0.6 is 0 Å². The molecule has 0 spiro atoms. The molecule has 0 saturated heterocycles. The van der Waals surface area contributed by atoms with Crippen LogP contribution in [0.2, 0.25) is 0 Å². The summed E-state index contributed by atoms with van der Waals surface area (Å²) < 4.78 is 14.1. The number of carboxylic acid groups (broad SMARTS) is 1. The molecule has 2 atom stereocenters. The number of aliphatic hydroxyl groups is 2. The highest BCUT2D eigenvalue weighted by Crippen LogP contribution is 2.42. The molecule has 4 rings (SSSR count). The van der Waals surface area contributed by atoms with Gasteiger partial charge in [-0.3, -0.25) is 9.78 Å². The molecule has 2 aromatic carbocycles. The second kappa shape index (κ2) is 15.2. The van der Waals surface area contributed by atoms with Gasteiger partial charge in [-0.1, -0.05) is 44.2 Å². The number of halogens is 1. The molecule has 1 aliphatic carbocycles. The van der Waals surface area contributed by atoms with Crippen molar-refractivity contribution in [1.29, 1.82) is 0 Å². The van der Waals surface area contributed by atoms with Gasteiger partial charge in [0.05, 0.1) is 30.0 Å². The number of carbonyl (C=O) groups is 2. The molecule has 3 aromatic rings. The fraction of sp³-hybridized carbons (Fsp3) is 0.400. The molecule has 45 heavy (non-hydrogen) atoms. The second-order valence-electron chi connectivity index (χ2n) is 11.9. The van der Waals surface area contributed by atoms with Crippen LogP contribution in [-0.4, -0.2) is 76.6 Å². The number of fused-ring (bicyclic) bond motifs is 3. The summed E-state index contributed by atoms with van der Waals surface area (Å²) in [5.41, 5.74) is 7.73. The number of nitrogens with zero attached hydrogens (tertiary/aromatic N) is 2. The maximum atomic E-state index is 14.1. The Morgan fingerprint density at radius 2 is 1.84 bits per heavy atom. The normalized spacial score (nSPS) is 14.0. The van der Waals surface area contributed by atoms with Crippen molar-refractivity contribution in [2.45, 2.75) is 64.1 Å². The van der Waals surface area contributed by atoms with Crippen LogP contribution in [0.5, 0.6) is 0 Å². The molecule has 1 heterocycles. The molecule has 9 nitrogen and oxygen atoms in total. The van der Waals surface area contributed by atoms with E-state index in [1.54, 1.807) is 36.2 Å². The first-order valence-electron chi connectivity index (χ1n) is 15.4. The second-order valence-corrected chi connectivity index (χ2v) is 11.9. The lowest BCUT2D eigenvalue weighted by molar-refractivity contribution is -0.139. The molecule has 1 aromatic heterocycles. The third-order valence-electron chi connectivity index (χ3n) is 7.99. The van der Waals surface area contributed by atoms with E-state index in [4.69, 9.17) is 10.1 Å². The first-order chi connectivity index (χ1) is 21.5. The van der Waals surface area contributed by atoms with Gasteiger partial charge in [0.2, 0.25) is 0 Å². The highest BCUT2D eigenvalue weighted by atomic mass is 19.1. The molecule has 0 fully saturated rings. The SMILES string of the molecule is CNCCN(C)C(=O)Nc1ccc2c(c1)-c1nc(C(C)C)c(/C=C/[C@@H](O)C[C@@H](O)CC(=O)O)c(-c3ccc(F)cc3)c1CCC2. The summed E-state index contributed by atoms with van der Waals surface area (Å²) in [5.74, 6) is -1.52. The predicted octanol–water partition coefficient (Wildman–Crippen LogP) is 5.45. The van der Waals surface area contributed by atoms with Gasteiger partial charge < -0.3 is 30.9 Å². The maximum Gasteiger partial charge on any atom is 0.321 e. The number of aromatic nitrogens is 1. The largest absolute Gasteiger partial charge is 0.481 e. The summed E-state index contributed by atoms with van der Waals surface area (Å²) in [6.07, 6.45) is 2.83. The molecule has 0 bridgehead atoms. The van der Waals surface area contributed by atoms with Gasteiger partial charge in [-0.25, -0.2) is 9.18 Å². The molecule has 0 radical (unpaired) electrons. The van der Waals surface area contributed by atoms with Crippen LogP contribution in [0, 0.1) is 5.82 Å². The van der Waals surface area contributed by atoms with E-state index in [1.165, 1.54) is 12.1 Å². The Balaban J connectivity index is 1.85. The minimum Gasteiger partial charge on any atom is -0.481 e. The summed E-state index contributed by atoms with van der Waals surface area (Å²) in [6, 6.07) is 12.0. The first-order valence-corrected chi connectivity index (χ1v) is 15.4. The average molecular weight is 619 g/mol. The molecule has 0 unspecified atom stereocenters. The van der Waals surface area contributed by atoms with Crippen LogP contribution in [0.4, 0.5) is 14.9 Å². The number of hydrogen-bond acceptors (Lipinski definition) is 6. The molecule has 5 N–H and O–H groups in total. The minimum atomic E-state index is -1.19. The summed E-state index contributed by atoms with van der Waals surface area (Å²) in [5, 5.41) is 35.8. The number of benzene rings is 2. The van der Waals surface area contributed by atoms with Crippen molar-refractivity contribution in [3.8, 4) is 22.4 Å². The van der Waals surface area contributed by atoms with Crippen LogP contribution in [-0.2, 0) is 17.6 Å². The van der Waals surface area contributed by atoms with Crippen molar-refractivity contribution in [3.05, 3.63) is 76.7 Å². The van der Waals surface area contributed by atoms with E-state index in [1.807, 2.05) is 39.1 Å². The van der Waals surface area contributed by atoms with E-state index in [0.29, 0.717) is 25.2 Å². The van der Waals surface area contributed by atoms with E-state index < -0.39 is 24.6 Å². The van der Waals surface area contributed by atoms with Gasteiger partial charge in [0.25, 0.3) is 0 Å². The minimum absolute atomic E-state index is 0.0284. The third kappa shape index (κ3) is 8.54. The summed E-state index contributed by atoms with van der Waals surface area (Å²) in [7, 11) is 3.58. The number of aliphatic carboxylic acids is 1. The molecular formula is C35H43FN4O5. The van der Waals surface area contributed by atoms with Crippen molar-refractivity contribution < 1.29 is 29.3 Å². The fourth-order valence-electron chi connectivity index (χ4n) is 5.68. The molecule has 10 heteroatoms. The Kier molecular flexibility index (Phi) is 11.4. The van der Waals surface area contributed by atoms with Crippen LogP contribution in [0.3, 0.4) is 0 Å². The highest BCUT2D eigenvalue weighted by molar-refractivity contribution is 5.91. The van der Waals surface area contributed by atoms with Gasteiger partial charge in [0.15, 0.2) is 0 Å². The lowest BCUT2D eigenvalue weighted by Crippen LogP contribution is -2.35. The highest BCUT2D eigenvalue weighted by Gasteiger charge is 2.26. The number of amides is 2. The number of carboxylic acids is 1. The molecule has 0 aliphatic heterocycles. The van der Waals surface area contributed by atoms with E-state index in [0.717, 1.165) is 57.6 Å².